The van der Waals surface area contributed by atoms with E-state index in [9.17, 15) is 4.79 Å². The summed E-state index contributed by atoms with van der Waals surface area (Å²) in [7, 11) is 2.04. The predicted octanol–water partition coefficient (Wildman–Crippen LogP) is 2.37. The molecule has 2 N–H and O–H groups in total. The van der Waals surface area contributed by atoms with Crippen molar-refractivity contribution in [3.8, 4) is 0 Å². The third-order valence-electron chi connectivity index (χ3n) is 3.81. The summed E-state index contributed by atoms with van der Waals surface area (Å²) in [4.78, 5) is 18.5. The standard InChI is InChI=1S/C17H32N4O2/c1-5-8-9-12-21(4)16(18-6-2)19-13-15(14-10-11-14)20-17(22)23-7-3/h5,14-15H,1,6-13H2,2-4H3,(H,18,19)(H,20,22). The zero-order valence-electron chi connectivity index (χ0n) is 14.8. The van der Waals surface area contributed by atoms with Gasteiger partial charge in [-0.2, -0.15) is 0 Å². The highest BCUT2D eigenvalue weighted by Gasteiger charge is 2.32. The Morgan fingerprint density at radius 1 is 1.48 bits per heavy atom. The molecule has 23 heavy (non-hydrogen) atoms. The fourth-order valence-corrected chi connectivity index (χ4v) is 2.37. The highest BCUT2D eigenvalue weighted by Crippen LogP contribution is 2.32. The van der Waals surface area contributed by atoms with Crippen LogP contribution >= 0.6 is 0 Å². The Kier molecular flexibility index (Phi) is 9.17. The minimum Gasteiger partial charge on any atom is -0.450 e. The van der Waals surface area contributed by atoms with Gasteiger partial charge in [0.1, 0.15) is 0 Å². The summed E-state index contributed by atoms with van der Waals surface area (Å²) in [5.74, 6) is 1.41. The first kappa shape index (κ1) is 19.3. The molecule has 0 radical (unpaired) electrons. The third kappa shape index (κ3) is 7.90. The molecule has 6 nitrogen and oxygen atoms in total. The number of carbonyl (C=O) groups excluding carboxylic acids is 1. The molecule has 0 aromatic rings. The average molecular weight is 324 g/mol. The quantitative estimate of drug-likeness (QED) is 0.280. The zero-order chi connectivity index (χ0) is 17.1. The van der Waals surface area contributed by atoms with Gasteiger partial charge < -0.3 is 20.3 Å². The Morgan fingerprint density at radius 2 is 2.22 bits per heavy atom. The normalized spacial score (nSPS) is 15.7. The molecule has 1 atom stereocenters. The van der Waals surface area contributed by atoms with E-state index < -0.39 is 0 Å². The van der Waals surface area contributed by atoms with Gasteiger partial charge in [0.25, 0.3) is 0 Å². The lowest BCUT2D eigenvalue weighted by atomic mass is 10.2. The Bertz CT molecular complexity index is 394. The van der Waals surface area contributed by atoms with E-state index in [0.717, 1.165) is 44.7 Å². The Morgan fingerprint density at radius 3 is 2.78 bits per heavy atom. The number of rotatable bonds is 10. The molecule has 1 saturated carbocycles. The first-order chi connectivity index (χ1) is 11.1. The van der Waals surface area contributed by atoms with E-state index in [4.69, 9.17) is 9.73 Å². The topological polar surface area (TPSA) is 66.0 Å². The molecule has 0 spiro atoms. The zero-order valence-corrected chi connectivity index (χ0v) is 14.8. The van der Waals surface area contributed by atoms with E-state index in [1.807, 2.05) is 20.0 Å². The first-order valence-electron chi connectivity index (χ1n) is 8.65. The number of hydrogen-bond donors (Lipinski definition) is 2. The van der Waals surface area contributed by atoms with Crippen LogP contribution < -0.4 is 10.6 Å². The number of guanidine groups is 1. The first-order valence-corrected chi connectivity index (χ1v) is 8.65. The van der Waals surface area contributed by atoms with Crippen molar-refractivity contribution in [3.63, 3.8) is 0 Å². The third-order valence-corrected chi connectivity index (χ3v) is 3.81. The van der Waals surface area contributed by atoms with Gasteiger partial charge in [-0.05, 0) is 45.4 Å². The van der Waals surface area contributed by atoms with E-state index >= 15 is 0 Å². The number of aliphatic imine (C=N–C) groups is 1. The minimum absolute atomic E-state index is 0.0595. The van der Waals surface area contributed by atoms with Gasteiger partial charge in [-0.25, -0.2) is 4.79 Å². The van der Waals surface area contributed by atoms with Crippen LogP contribution in [0.25, 0.3) is 0 Å². The van der Waals surface area contributed by atoms with Crippen LogP contribution in [0, 0.1) is 5.92 Å². The number of carbonyl (C=O) groups is 1. The minimum atomic E-state index is -0.344. The molecule has 1 unspecified atom stereocenters. The summed E-state index contributed by atoms with van der Waals surface area (Å²) in [5.41, 5.74) is 0. The van der Waals surface area contributed by atoms with Gasteiger partial charge in [-0.1, -0.05) is 6.08 Å². The molecule has 0 aliphatic heterocycles. The molecular formula is C17H32N4O2. The highest BCUT2D eigenvalue weighted by atomic mass is 16.5. The molecule has 0 bridgehead atoms. The van der Waals surface area contributed by atoms with Crippen LogP contribution in [0.15, 0.2) is 17.6 Å². The van der Waals surface area contributed by atoms with E-state index in [0.29, 0.717) is 19.1 Å². The SMILES string of the molecule is C=CCCCN(C)C(=NCC(NC(=O)OCC)C1CC1)NCC. The van der Waals surface area contributed by atoms with E-state index in [2.05, 4.69) is 29.0 Å². The van der Waals surface area contributed by atoms with E-state index in [-0.39, 0.29) is 12.1 Å². The fourth-order valence-electron chi connectivity index (χ4n) is 2.37. The Hall–Kier alpha value is -1.72. The van der Waals surface area contributed by atoms with Crippen molar-refractivity contribution in [3.05, 3.63) is 12.7 Å². The predicted molar refractivity (Wildman–Crippen MR) is 94.7 cm³/mol. The van der Waals surface area contributed by atoms with Crippen LogP contribution in [0.4, 0.5) is 4.79 Å². The van der Waals surface area contributed by atoms with Gasteiger partial charge in [-0.3, -0.25) is 4.99 Å². The molecule has 1 aliphatic carbocycles. The average Bonchev–Trinajstić information content (AvgIpc) is 3.35. The maximum absolute atomic E-state index is 11.6. The van der Waals surface area contributed by atoms with Gasteiger partial charge in [0.05, 0.1) is 19.2 Å². The van der Waals surface area contributed by atoms with E-state index in [1.165, 1.54) is 0 Å². The van der Waals surface area contributed by atoms with Crippen molar-refractivity contribution in [1.29, 1.82) is 0 Å². The summed E-state index contributed by atoms with van der Waals surface area (Å²) in [6, 6.07) is 0.0595. The molecule has 0 heterocycles. The van der Waals surface area contributed by atoms with Gasteiger partial charge >= 0.3 is 6.09 Å². The molecule has 6 heteroatoms. The summed E-state index contributed by atoms with van der Waals surface area (Å²) >= 11 is 0. The lowest BCUT2D eigenvalue weighted by molar-refractivity contribution is 0.147. The van der Waals surface area contributed by atoms with Crippen molar-refractivity contribution in [1.82, 2.24) is 15.5 Å². The molecular weight excluding hydrogens is 292 g/mol. The highest BCUT2D eigenvalue weighted by molar-refractivity contribution is 5.79. The number of unbranched alkanes of at least 4 members (excludes halogenated alkanes) is 1. The molecule has 0 saturated heterocycles. The number of amides is 1. The van der Waals surface area contributed by atoms with E-state index in [1.54, 1.807) is 0 Å². The van der Waals surface area contributed by atoms with Gasteiger partial charge in [0.15, 0.2) is 5.96 Å². The summed E-state index contributed by atoms with van der Waals surface area (Å²) < 4.78 is 4.98. The van der Waals surface area contributed by atoms with Crippen LogP contribution in [-0.2, 0) is 4.74 Å². The van der Waals surface area contributed by atoms with Crippen LogP contribution in [0.1, 0.15) is 39.5 Å². The van der Waals surface area contributed by atoms with Crippen LogP contribution in [0.2, 0.25) is 0 Å². The maximum Gasteiger partial charge on any atom is 0.407 e. The summed E-state index contributed by atoms with van der Waals surface area (Å²) in [6.07, 6.45) is 5.95. The maximum atomic E-state index is 11.6. The van der Waals surface area contributed by atoms with Crippen LogP contribution in [0.5, 0.6) is 0 Å². The lowest BCUT2D eigenvalue weighted by Gasteiger charge is -2.23. The van der Waals surface area contributed by atoms with Crippen LogP contribution in [0.3, 0.4) is 0 Å². The molecule has 1 aliphatic rings. The smallest absolute Gasteiger partial charge is 0.407 e. The Labute approximate surface area is 140 Å². The molecule has 1 fully saturated rings. The van der Waals surface area contributed by atoms with Crippen molar-refractivity contribution >= 4 is 12.1 Å². The monoisotopic (exact) mass is 324 g/mol. The number of ether oxygens (including phenoxy) is 1. The fraction of sp³-hybridized carbons (Fsp3) is 0.765. The van der Waals surface area contributed by atoms with Crippen LogP contribution in [-0.4, -0.2) is 56.3 Å². The number of alkyl carbamates (subject to hydrolysis) is 1. The van der Waals surface area contributed by atoms with Crippen molar-refractivity contribution in [2.45, 2.75) is 45.6 Å². The molecule has 1 rings (SSSR count). The Balaban J connectivity index is 2.57. The molecule has 0 aromatic heterocycles. The summed E-state index contributed by atoms with van der Waals surface area (Å²) in [5, 5.41) is 6.25. The number of nitrogens with zero attached hydrogens (tertiary/aromatic N) is 2. The largest absolute Gasteiger partial charge is 0.450 e. The molecule has 1 amide bonds. The number of hydrogen-bond acceptors (Lipinski definition) is 3. The molecule has 132 valence electrons. The number of nitrogens with one attached hydrogen (secondary N) is 2. The molecule has 0 aromatic carbocycles. The summed E-state index contributed by atoms with van der Waals surface area (Å²) in [6.45, 7) is 10.3. The van der Waals surface area contributed by atoms with Gasteiger partial charge in [-0.15, -0.1) is 6.58 Å². The number of allylic oxidation sites excluding steroid dienone is 1. The second-order valence-electron chi connectivity index (χ2n) is 5.86. The second kappa shape index (κ2) is 10.9. The van der Waals surface area contributed by atoms with Crippen molar-refractivity contribution in [2.24, 2.45) is 10.9 Å². The lowest BCUT2D eigenvalue weighted by Crippen LogP contribution is -2.42. The van der Waals surface area contributed by atoms with Crippen molar-refractivity contribution in [2.75, 3.05) is 33.3 Å². The van der Waals surface area contributed by atoms with Gasteiger partial charge in [0.2, 0.25) is 0 Å². The van der Waals surface area contributed by atoms with Crippen molar-refractivity contribution < 1.29 is 9.53 Å². The van der Waals surface area contributed by atoms with Gasteiger partial charge in [0, 0.05) is 20.1 Å². The second-order valence-corrected chi connectivity index (χ2v) is 5.86.